The molecule has 0 aliphatic carbocycles. The lowest BCUT2D eigenvalue weighted by atomic mass is 9.79. The zero-order valence-electron chi connectivity index (χ0n) is 19.2. The molecule has 3 rings (SSSR count). The molecule has 1 amide bonds. The summed E-state index contributed by atoms with van der Waals surface area (Å²) in [6, 6.07) is -0.278. The van der Waals surface area contributed by atoms with Crippen LogP contribution in [0.5, 0.6) is 0 Å². The number of aliphatic hydroxyl groups is 1. The Morgan fingerprint density at radius 3 is 2.69 bits per heavy atom. The molecule has 2 aliphatic rings. The summed E-state index contributed by atoms with van der Waals surface area (Å²) in [5.41, 5.74) is 0.0207. The van der Waals surface area contributed by atoms with Gasteiger partial charge in [-0.3, -0.25) is 4.79 Å². The maximum absolute atomic E-state index is 12.6. The van der Waals surface area contributed by atoms with Crippen LogP contribution in [0.25, 0.3) is 0 Å². The summed E-state index contributed by atoms with van der Waals surface area (Å²) in [6.45, 7) is 7.95. The number of halogens is 1. The fourth-order valence-corrected chi connectivity index (χ4v) is 4.09. The molecule has 32 heavy (non-hydrogen) atoms. The van der Waals surface area contributed by atoms with Crippen molar-refractivity contribution in [2.45, 2.75) is 58.9 Å². The van der Waals surface area contributed by atoms with E-state index in [0.717, 1.165) is 50.4 Å². The second kappa shape index (κ2) is 11.1. The number of aliphatic hydroxyl groups excluding tert-OH is 1. The number of ether oxygens (including phenoxy) is 1. The smallest absolute Gasteiger partial charge is 0.232 e. The first-order valence-corrected chi connectivity index (χ1v) is 11.7. The Kier molecular flexibility index (Phi) is 8.48. The number of carbonyl (C=O) groups excluding carboxylic acids is 1. The van der Waals surface area contributed by atoms with Crippen molar-refractivity contribution < 1.29 is 14.6 Å². The summed E-state index contributed by atoms with van der Waals surface area (Å²) in [6.07, 6.45) is 10.0. The number of aromatic nitrogens is 2. The lowest BCUT2D eigenvalue weighted by Crippen LogP contribution is -2.48. The first-order valence-electron chi connectivity index (χ1n) is 11.3. The number of rotatable bonds is 9. The summed E-state index contributed by atoms with van der Waals surface area (Å²) in [5, 5.41) is 12.6. The lowest BCUT2D eigenvalue weighted by molar-refractivity contribution is -0.127. The van der Waals surface area contributed by atoms with Crippen molar-refractivity contribution in [3.8, 4) is 0 Å². The van der Waals surface area contributed by atoms with E-state index in [0.29, 0.717) is 29.9 Å². The van der Waals surface area contributed by atoms with E-state index in [1.54, 1.807) is 19.3 Å². The van der Waals surface area contributed by atoms with E-state index in [9.17, 15) is 9.90 Å². The Morgan fingerprint density at radius 1 is 1.38 bits per heavy atom. The fourth-order valence-electron chi connectivity index (χ4n) is 3.99. The predicted octanol–water partition coefficient (Wildman–Crippen LogP) is 3.35. The van der Waals surface area contributed by atoms with Crippen LogP contribution in [-0.4, -0.2) is 59.0 Å². The van der Waals surface area contributed by atoms with Gasteiger partial charge < -0.3 is 20.1 Å². The summed E-state index contributed by atoms with van der Waals surface area (Å²) in [5.74, 6) is 1.90. The molecular weight excluding hydrogens is 430 g/mol. The first kappa shape index (κ1) is 24.5. The van der Waals surface area contributed by atoms with Gasteiger partial charge in [-0.15, -0.1) is 0 Å². The molecule has 8 nitrogen and oxygen atoms in total. The molecule has 176 valence electrons. The van der Waals surface area contributed by atoms with Gasteiger partial charge in [0.25, 0.3) is 0 Å². The second-order valence-electron chi connectivity index (χ2n) is 8.96. The molecule has 2 aliphatic heterocycles. The Labute approximate surface area is 195 Å². The van der Waals surface area contributed by atoms with Crippen LogP contribution in [0.2, 0.25) is 5.02 Å². The van der Waals surface area contributed by atoms with Crippen molar-refractivity contribution in [2.75, 3.05) is 31.2 Å². The van der Waals surface area contributed by atoms with Crippen LogP contribution in [0, 0.1) is 11.3 Å². The van der Waals surface area contributed by atoms with E-state index in [1.165, 1.54) is 0 Å². The quantitative estimate of drug-likeness (QED) is 0.545. The molecule has 1 aromatic heterocycles. The Morgan fingerprint density at radius 2 is 2.06 bits per heavy atom. The van der Waals surface area contributed by atoms with Gasteiger partial charge in [0.05, 0.1) is 36.0 Å². The molecule has 2 N–H and O–H groups in total. The third kappa shape index (κ3) is 6.19. The number of carbonyl (C=O) groups is 1. The van der Waals surface area contributed by atoms with Gasteiger partial charge in [-0.1, -0.05) is 11.6 Å². The van der Waals surface area contributed by atoms with Crippen LogP contribution in [0.4, 0.5) is 5.95 Å². The molecule has 0 bridgehead atoms. The molecule has 2 atom stereocenters. The molecule has 0 spiro atoms. The molecule has 1 saturated heterocycles. The lowest BCUT2D eigenvalue weighted by Gasteiger charge is -2.32. The molecule has 1 aromatic rings. The van der Waals surface area contributed by atoms with E-state index in [2.05, 4.69) is 25.2 Å². The number of nitrogens with one attached hydrogen (secondary N) is 1. The van der Waals surface area contributed by atoms with Gasteiger partial charge in [-0.25, -0.2) is 15.0 Å². The molecular formula is C23H34ClN5O3. The normalized spacial score (nSPS) is 22.7. The number of anilines is 1. The van der Waals surface area contributed by atoms with Crippen LogP contribution in [-0.2, 0) is 9.53 Å². The van der Waals surface area contributed by atoms with Crippen molar-refractivity contribution in [1.29, 1.82) is 0 Å². The van der Waals surface area contributed by atoms with Crippen molar-refractivity contribution in [2.24, 2.45) is 16.3 Å². The van der Waals surface area contributed by atoms with E-state index in [1.807, 2.05) is 19.9 Å². The topological polar surface area (TPSA) is 99.9 Å². The molecule has 0 saturated carbocycles. The Bertz CT molecular complexity index is 837. The molecule has 2 unspecified atom stereocenters. The first-order chi connectivity index (χ1) is 15.3. The Balaban J connectivity index is 1.37. The second-order valence-corrected chi connectivity index (χ2v) is 9.39. The Hall–Kier alpha value is -2.19. The van der Waals surface area contributed by atoms with Crippen LogP contribution >= 0.6 is 11.6 Å². The van der Waals surface area contributed by atoms with Crippen LogP contribution in [0.15, 0.2) is 29.3 Å². The zero-order valence-corrected chi connectivity index (χ0v) is 19.9. The summed E-state index contributed by atoms with van der Waals surface area (Å²) >= 11 is 5.87. The average molecular weight is 464 g/mol. The van der Waals surface area contributed by atoms with E-state index < -0.39 is 5.41 Å². The average Bonchev–Trinajstić information content (AvgIpc) is 2.80. The fraction of sp³-hybridized carbons (Fsp3) is 0.652. The van der Waals surface area contributed by atoms with Gasteiger partial charge in [-0.2, -0.15) is 0 Å². The number of hydrogen-bond donors (Lipinski definition) is 2. The standard InChI is InChI=1S/C23H34ClN5O3/c1-16(15-30)27-21(31)23(3)9-6-20(28-17(23)2)32-12-4-5-18-7-10-29(11-8-18)22-25-13-19(24)14-26-22/h6,13-14,16,18,30H,4-5,7-12,15H2,1-3H3,(H,27,31). The van der Waals surface area contributed by atoms with Gasteiger partial charge in [0.15, 0.2) is 0 Å². The summed E-state index contributed by atoms with van der Waals surface area (Å²) < 4.78 is 5.88. The predicted molar refractivity (Wildman–Crippen MR) is 126 cm³/mol. The number of hydrogen-bond acceptors (Lipinski definition) is 7. The van der Waals surface area contributed by atoms with Gasteiger partial charge in [-0.05, 0) is 64.9 Å². The summed E-state index contributed by atoms with van der Waals surface area (Å²) in [4.78, 5) is 27.9. The maximum atomic E-state index is 12.6. The van der Waals surface area contributed by atoms with Crippen molar-refractivity contribution >= 4 is 29.2 Å². The molecule has 0 aromatic carbocycles. The van der Waals surface area contributed by atoms with Gasteiger partial charge >= 0.3 is 0 Å². The van der Waals surface area contributed by atoms with Gasteiger partial charge in [0, 0.05) is 24.8 Å². The third-order valence-corrected chi connectivity index (χ3v) is 6.62. The summed E-state index contributed by atoms with van der Waals surface area (Å²) in [7, 11) is 0. The van der Waals surface area contributed by atoms with Crippen molar-refractivity contribution in [3.63, 3.8) is 0 Å². The van der Waals surface area contributed by atoms with Gasteiger partial charge in [0.1, 0.15) is 0 Å². The molecule has 0 radical (unpaired) electrons. The highest BCUT2D eigenvalue weighted by Crippen LogP contribution is 2.31. The van der Waals surface area contributed by atoms with E-state index >= 15 is 0 Å². The monoisotopic (exact) mass is 463 g/mol. The SMILES string of the molecule is CC1=NC(OCCCC2CCN(c3ncc(Cl)cn3)CC2)=CCC1(C)C(=O)NC(C)CO. The van der Waals surface area contributed by atoms with Crippen LogP contribution in [0.1, 0.15) is 52.9 Å². The minimum atomic E-state index is -0.710. The molecule has 3 heterocycles. The molecule has 9 heteroatoms. The van der Waals surface area contributed by atoms with Crippen LogP contribution in [0.3, 0.4) is 0 Å². The third-order valence-electron chi connectivity index (χ3n) is 6.42. The van der Waals surface area contributed by atoms with Crippen molar-refractivity contribution in [3.05, 3.63) is 29.4 Å². The van der Waals surface area contributed by atoms with E-state index in [-0.39, 0.29) is 18.6 Å². The van der Waals surface area contributed by atoms with Crippen LogP contribution < -0.4 is 10.2 Å². The number of allylic oxidation sites excluding steroid dienone is 1. The highest BCUT2D eigenvalue weighted by atomic mass is 35.5. The number of aliphatic imine (C=N–C) groups is 1. The minimum Gasteiger partial charge on any atom is -0.478 e. The zero-order chi connectivity index (χ0) is 23.1. The molecule has 1 fully saturated rings. The number of amides is 1. The highest BCUT2D eigenvalue weighted by molar-refractivity contribution is 6.30. The number of piperidine rings is 1. The number of nitrogens with zero attached hydrogens (tertiary/aromatic N) is 4. The van der Waals surface area contributed by atoms with Crippen molar-refractivity contribution in [1.82, 2.24) is 15.3 Å². The van der Waals surface area contributed by atoms with E-state index in [4.69, 9.17) is 16.3 Å². The largest absolute Gasteiger partial charge is 0.478 e. The maximum Gasteiger partial charge on any atom is 0.232 e. The van der Waals surface area contributed by atoms with Gasteiger partial charge in [0.2, 0.25) is 17.7 Å². The minimum absolute atomic E-state index is 0.0872. The highest BCUT2D eigenvalue weighted by Gasteiger charge is 2.38.